The number of hydrogen-bond donors (Lipinski definition) is 0. The van der Waals surface area contributed by atoms with Gasteiger partial charge in [-0.15, -0.1) is 22.7 Å². The summed E-state index contributed by atoms with van der Waals surface area (Å²) in [6, 6.07) is 4.26. The van der Waals surface area contributed by atoms with Crippen molar-refractivity contribution in [3.63, 3.8) is 0 Å². The van der Waals surface area contributed by atoms with E-state index in [-0.39, 0.29) is 0 Å². The second-order valence-electron chi connectivity index (χ2n) is 3.83. The number of aryl methyl sites for hydroxylation is 1. The van der Waals surface area contributed by atoms with Crippen molar-refractivity contribution < 1.29 is 9.47 Å². The number of methoxy groups -OCH3 is 2. The predicted molar refractivity (Wildman–Crippen MR) is 75.0 cm³/mol. The molecule has 0 N–H and O–H groups in total. The second kappa shape index (κ2) is 3.89. The van der Waals surface area contributed by atoms with Crippen LogP contribution >= 0.6 is 22.7 Å². The monoisotopic (exact) mass is 264 g/mol. The molecule has 0 saturated heterocycles. The van der Waals surface area contributed by atoms with Gasteiger partial charge in [0.2, 0.25) is 0 Å². The lowest BCUT2D eigenvalue weighted by Gasteiger charge is -2.08. The quantitative estimate of drug-likeness (QED) is 0.681. The van der Waals surface area contributed by atoms with Gasteiger partial charge in [0.25, 0.3) is 0 Å². The highest BCUT2D eigenvalue weighted by Gasteiger charge is 2.17. The van der Waals surface area contributed by atoms with Gasteiger partial charge in [-0.2, -0.15) is 0 Å². The first-order chi connectivity index (χ1) is 8.26. The average molecular weight is 264 g/mol. The highest BCUT2D eigenvalue weighted by molar-refractivity contribution is 7.20. The van der Waals surface area contributed by atoms with E-state index in [0.717, 1.165) is 27.0 Å². The molecule has 0 atom stereocenters. The third-order valence-corrected chi connectivity index (χ3v) is 4.79. The van der Waals surface area contributed by atoms with Crippen molar-refractivity contribution in [1.29, 1.82) is 0 Å². The Kier molecular flexibility index (Phi) is 2.49. The first-order valence-corrected chi connectivity index (χ1v) is 6.97. The summed E-state index contributed by atoms with van der Waals surface area (Å²) in [5.41, 5.74) is 0. The Hall–Kier alpha value is -1.26. The topological polar surface area (TPSA) is 18.5 Å². The third kappa shape index (κ3) is 1.44. The summed E-state index contributed by atoms with van der Waals surface area (Å²) >= 11 is 3.44. The maximum Gasteiger partial charge on any atom is 0.145 e. The molecular weight excluding hydrogens is 252 g/mol. The van der Waals surface area contributed by atoms with Gasteiger partial charge in [-0.05, 0) is 24.4 Å². The summed E-state index contributed by atoms with van der Waals surface area (Å²) in [5, 5.41) is 4.37. The van der Waals surface area contributed by atoms with E-state index in [1.165, 1.54) is 9.58 Å². The SMILES string of the molecule is COc1c2cc(C)sc2c(OC)c2ccsc12. The maximum atomic E-state index is 5.57. The van der Waals surface area contributed by atoms with Gasteiger partial charge in [0.05, 0.1) is 23.6 Å². The highest BCUT2D eigenvalue weighted by Crippen LogP contribution is 2.47. The molecule has 0 radical (unpaired) electrons. The minimum Gasteiger partial charge on any atom is -0.495 e. The summed E-state index contributed by atoms with van der Waals surface area (Å²) in [7, 11) is 3.46. The standard InChI is InChI=1S/C13H12O2S2/c1-7-6-9-11(15-3)12-8(4-5-16-12)10(14-2)13(9)17-7/h4-6H,1-3H3. The normalized spacial score (nSPS) is 11.2. The van der Waals surface area contributed by atoms with E-state index >= 15 is 0 Å². The van der Waals surface area contributed by atoms with E-state index in [9.17, 15) is 0 Å². The van der Waals surface area contributed by atoms with Gasteiger partial charge in [0.15, 0.2) is 0 Å². The van der Waals surface area contributed by atoms with E-state index in [1.54, 1.807) is 36.9 Å². The van der Waals surface area contributed by atoms with Crippen LogP contribution in [0.25, 0.3) is 20.2 Å². The fraction of sp³-hybridized carbons (Fsp3) is 0.231. The van der Waals surface area contributed by atoms with E-state index in [2.05, 4.69) is 24.4 Å². The zero-order chi connectivity index (χ0) is 12.0. The van der Waals surface area contributed by atoms with Crippen LogP contribution in [-0.2, 0) is 0 Å². The molecular formula is C13H12O2S2. The van der Waals surface area contributed by atoms with Crippen LogP contribution in [0.3, 0.4) is 0 Å². The molecule has 3 rings (SSSR count). The summed E-state index contributed by atoms with van der Waals surface area (Å²) in [5.74, 6) is 1.94. The zero-order valence-electron chi connectivity index (χ0n) is 9.87. The summed E-state index contributed by atoms with van der Waals surface area (Å²) in [6.07, 6.45) is 0. The number of benzene rings is 1. The fourth-order valence-corrected chi connectivity index (χ4v) is 4.14. The van der Waals surface area contributed by atoms with Crippen LogP contribution in [0.2, 0.25) is 0 Å². The number of hydrogen-bond acceptors (Lipinski definition) is 4. The molecule has 0 spiro atoms. The van der Waals surface area contributed by atoms with Crippen LogP contribution in [-0.4, -0.2) is 14.2 Å². The van der Waals surface area contributed by atoms with Crippen LogP contribution in [0, 0.1) is 6.92 Å². The Morgan fingerprint density at radius 2 is 1.71 bits per heavy atom. The van der Waals surface area contributed by atoms with Gasteiger partial charge in [-0.1, -0.05) is 0 Å². The third-order valence-electron chi connectivity index (χ3n) is 2.83. The molecule has 0 bridgehead atoms. The average Bonchev–Trinajstić information content (AvgIpc) is 2.91. The molecule has 0 aliphatic heterocycles. The van der Waals surface area contributed by atoms with Crippen LogP contribution < -0.4 is 9.47 Å². The Labute approximate surface area is 107 Å². The zero-order valence-corrected chi connectivity index (χ0v) is 11.5. The molecule has 88 valence electrons. The molecule has 3 aromatic rings. The molecule has 0 aliphatic carbocycles. The predicted octanol–water partition coefficient (Wildman–Crippen LogP) is 4.44. The fourth-order valence-electron chi connectivity index (χ4n) is 2.17. The van der Waals surface area contributed by atoms with Crippen LogP contribution in [0.1, 0.15) is 4.88 Å². The summed E-state index contributed by atoms with van der Waals surface area (Å²) in [6.45, 7) is 2.11. The van der Waals surface area contributed by atoms with Crippen molar-refractivity contribution in [3.05, 3.63) is 22.4 Å². The number of thiophene rings is 2. The largest absolute Gasteiger partial charge is 0.495 e. The number of fused-ring (bicyclic) bond motifs is 2. The summed E-state index contributed by atoms with van der Waals surface area (Å²) in [4.78, 5) is 1.27. The second-order valence-corrected chi connectivity index (χ2v) is 6.00. The minimum absolute atomic E-state index is 0.968. The summed E-state index contributed by atoms with van der Waals surface area (Å²) < 4.78 is 13.5. The molecule has 17 heavy (non-hydrogen) atoms. The lowest BCUT2D eigenvalue weighted by Crippen LogP contribution is -1.88. The van der Waals surface area contributed by atoms with Crippen LogP contribution in [0.5, 0.6) is 11.5 Å². The maximum absolute atomic E-state index is 5.57. The van der Waals surface area contributed by atoms with Crippen molar-refractivity contribution in [3.8, 4) is 11.5 Å². The molecule has 0 saturated carbocycles. The molecule has 4 heteroatoms. The van der Waals surface area contributed by atoms with Gasteiger partial charge in [0.1, 0.15) is 11.5 Å². The number of ether oxygens (including phenoxy) is 2. The van der Waals surface area contributed by atoms with Crippen molar-refractivity contribution in [1.82, 2.24) is 0 Å². The molecule has 2 heterocycles. The molecule has 2 nitrogen and oxygen atoms in total. The Morgan fingerprint density at radius 3 is 2.41 bits per heavy atom. The molecule has 0 aliphatic rings. The van der Waals surface area contributed by atoms with E-state index in [1.807, 2.05) is 0 Å². The van der Waals surface area contributed by atoms with Gasteiger partial charge in [-0.3, -0.25) is 0 Å². The van der Waals surface area contributed by atoms with E-state index in [0.29, 0.717) is 0 Å². The van der Waals surface area contributed by atoms with Crippen molar-refractivity contribution >= 4 is 42.8 Å². The van der Waals surface area contributed by atoms with Crippen LogP contribution in [0.4, 0.5) is 0 Å². The van der Waals surface area contributed by atoms with Gasteiger partial charge < -0.3 is 9.47 Å². The number of rotatable bonds is 2. The van der Waals surface area contributed by atoms with Crippen molar-refractivity contribution in [2.24, 2.45) is 0 Å². The molecule has 2 aromatic heterocycles. The van der Waals surface area contributed by atoms with E-state index < -0.39 is 0 Å². The molecule has 0 amide bonds. The molecule has 0 fully saturated rings. The van der Waals surface area contributed by atoms with Gasteiger partial charge in [0, 0.05) is 15.6 Å². The minimum atomic E-state index is 0.968. The first-order valence-electron chi connectivity index (χ1n) is 5.27. The molecule has 0 unspecified atom stereocenters. The van der Waals surface area contributed by atoms with Crippen molar-refractivity contribution in [2.75, 3.05) is 14.2 Å². The van der Waals surface area contributed by atoms with Crippen LogP contribution in [0.15, 0.2) is 17.5 Å². The first kappa shape index (κ1) is 10.9. The Bertz CT molecular complexity index is 638. The lowest BCUT2D eigenvalue weighted by atomic mass is 10.1. The lowest BCUT2D eigenvalue weighted by molar-refractivity contribution is 0.419. The van der Waals surface area contributed by atoms with Gasteiger partial charge >= 0.3 is 0 Å². The highest BCUT2D eigenvalue weighted by atomic mass is 32.1. The Morgan fingerprint density at radius 1 is 1.00 bits per heavy atom. The van der Waals surface area contributed by atoms with Crippen molar-refractivity contribution in [2.45, 2.75) is 6.92 Å². The molecule has 1 aromatic carbocycles. The Balaban J connectivity index is 2.59. The smallest absolute Gasteiger partial charge is 0.145 e. The van der Waals surface area contributed by atoms with Gasteiger partial charge in [-0.25, -0.2) is 0 Å². The van der Waals surface area contributed by atoms with E-state index in [4.69, 9.17) is 9.47 Å².